The van der Waals surface area contributed by atoms with Crippen molar-refractivity contribution in [1.29, 1.82) is 0 Å². The third-order valence-corrected chi connectivity index (χ3v) is 6.31. The Bertz CT molecular complexity index is 1710. The summed E-state index contributed by atoms with van der Waals surface area (Å²) in [6.07, 6.45) is -0.440. The number of hydrogen-bond donors (Lipinski definition) is 4. The van der Waals surface area contributed by atoms with Crippen molar-refractivity contribution in [3.05, 3.63) is 101 Å². The number of halogens is 4. The number of benzene rings is 3. The van der Waals surface area contributed by atoms with Crippen LogP contribution in [0.5, 0.6) is 11.5 Å². The van der Waals surface area contributed by atoms with E-state index in [2.05, 4.69) is 15.0 Å². The molecule has 0 saturated heterocycles. The minimum Gasteiger partial charge on any atom is -0.481 e. The Hall–Kier alpha value is -4.64. The number of aryl methyl sites for hydroxylation is 2. The smallest absolute Gasteiger partial charge is 0.303 e. The van der Waals surface area contributed by atoms with Crippen LogP contribution in [0.3, 0.4) is 0 Å². The van der Waals surface area contributed by atoms with E-state index >= 15 is 4.39 Å². The van der Waals surface area contributed by atoms with Crippen molar-refractivity contribution in [2.45, 2.75) is 25.9 Å². The lowest BCUT2D eigenvalue weighted by atomic mass is 9.99. The topological polar surface area (TPSA) is 111 Å². The van der Waals surface area contributed by atoms with Crippen molar-refractivity contribution in [3.8, 4) is 22.9 Å². The van der Waals surface area contributed by atoms with Crippen LogP contribution < -0.4 is 4.74 Å². The maximum atomic E-state index is 15.1. The number of carboxylic acid groups (broad SMARTS) is 1. The highest BCUT2D eigenvalue weighted by Gasteiger charge is 2.24. The molecule has 0 bridgehead atoms. The van der Waals surface area contributed by atoms with Crippen LogP contribution in [-0.2, 0) is 11.2 Å². The largest absolute Gasteiger partial charge is 0.481 e. The summed E-state index contributed by atoms with van der Waals surface area (Å²) in [5, 5.41) is 19.9. The highest BCUT2D eigenvalue weighted by molar-refractivity contribution is 5.82. The number of hydrogen-bond acceptors (Lipinski definition) is 4. The second-order valence-electron chi connectivity index (χ2n) is 8.90. The molecule has 0 unspecified atom stereocenters. The van der Waals surface area contributed by atoms with Gasteiger partial charge in [0.1, 0.15) is 29.3 Å². The number of aliphatic carboxylic acids is 1. The highest BCUT2D eigenvalue weighted by atomic mass is 19.1. The van der Waals surface area contributed by atoms with Crippen LogP contribution >= 0.6 is 0 Å². The van der Waals surface area contributed by atoms with Gasteiger partial charge >= 0.3 is 5.97 Å². The molecule has 11 heteroatoms. The van der Waals surface area contributed by atoms with E-state index in [9.17, 15) is 23.1 Å². The molecule has 2 heterocycles. The quantitative estimate of drug-likeness (QED) is 0.173. The molecule has 0 aliphatic heterocycles. The number of fused-ring (bicyclic) bond motifs is 1. The van der Waals surface area contributed by atoms with Gasteiger partial charge in [0.25, 0.3) is 0 Å². The lowest BCUT2D eigenvalue weighted by Crippen LogP contribution is -2.08. The first kappa shape index (κ1) is 26.0. The van der Waals surface area contributed by atoms with Gasteiger partial charge in [-0.25, -0.2) is 22.5 Å². The van der Waals surface area contributed by atoms with Gasteiger partial charge in [-0.2, -0.15) is 0 Å². The van der Waals surface area contributed by atoms with E-state index in [0.29, 0.717) is 5.69 Å². The number of carboxylic acids is 1. The lowest BCUT2D eigenvalue weighted by Gasteiger charge is -2.13. The van der Waals surface area contributed by atoms with Gasteiger partial charge in [-0.05, 0) is 43.2 Å². The van der Waals surface area contributed by atoms with Crippen LogP contribution in [0.4, 0.5) is 17.6 Å². The average Bonchev–Trinajstić information content (AvgIpc) is 3.53. The number of ether oxygens (including phenoxy) is 1. The summed E-state index contributed by atoms with van der Waals surface area (Å²) in [7, 11) is 0. The normalized spacial score (nSPS) is 12.2. The molecule has 0 radical (unpaired) electrons. The Morgan fingerprint density at radius 3 is 2.62 bits per heavy atom. The fraction of sp³-hybridized carbons (Fsp3) is 0.143. The van der Waals surface area contributed by atoms with E-state index in [0.717, 1.165) is 12.1 Å². The van der Waals surface area contributed by atoms with Crippen molar-refractivity contribution >= 4 is 16.9 Å². The van der Waals surface area contributed by atoms with Gasteiger partial charge in [0.2, 0.25) is 0 Å². The predicted molar refractivity (Wildman–Crippen MR) is 133 cm³/mol. The monoisotopic (exact) mass is 539 g/mol. The fourth-order valence-corrected chi connectivity index (χ4v) is 4.33. The number of nitrogens with one attached hydrogen (secondary N) is 2. The van der Waals surface area contributed by atoms with Crippen molar-refractivity contribution in [2.24, 2.45) is 0 Å². The Morgan fingerprint density at radius 2 is 1.85 bits per heavy atom. The number of H-pyrrole nitrogens is 2. The van der Waals surface area contributed by atoms with Gasteiger partial charge in [-0.1, -0.05) is 18.2 Å². The standard InChI is InChI=1S/C28H21F4N3O4/c1-13-25(26(38)17-4-2-3-14(23(17)31)5-8-22(36)37)35-28(34-13)18-11-15(6-7-19(18)29)39-27-20(30)12-21-16(24(27)32)9-10-33-21/h2-4,6-7,9-12,26,33,38H,5,8H2,1H3,(H,34,35)(H,36,37)/t26-/m0/s1. The average molecular weight is 539 g/mol. The van der Waals surface area contributed by atoms with Crippen LogP contribution in [0.1, 0.15) is 35.0 Å². The summed E-state index contributed by atoms with van der Waals surface area (Å²) >= 11 is 0. The van der Waals surface area contributed by atoms with Crippen molar-refractivity contribution in [2.75, 3.05) is 0 Å². The first-order chi connectivity index (χ1) is 18.6. The first-order valence-electron chi connectivity index (χ1n) is 11.8. The number of aliphatic hydroxyl groups excluding tert-OH is 1. The maximum absolute atomic E-state index is 15.1. The Balaban J connectivity index is 1.46. The van der Waals surface area contributed by atoms with Crippen LogP contribution in [0.25, 0.3) is 22.3 Å². The zero-order chi connectivity index (χ0) is 27.8. The number of nitrogens with zero attached hydrogens (tertiary/aromatic N) is 1. The number of aromatic amines is 2. The molecule has 39 heavy (non-hydrogen) atoms. The molecular weight excluding hydrogens is 518 g/mol. The molecule has 0 aliphatic carbocycles. The maximum Gasteiger partial charge on any atom is 0.303 e. The summed E-state index contributed by atoms with van der Waals surface area (Å²) in [4.78, 5) is 20.7. The van der Waals surface area contributed by atoms with E-state index in [1.165, 1.54) is 42.6 Å². The minimum absolute atomic E-state index is 0.0139. The fourth-order valence-electron chi connectivity index (χ4n) is 4.33. The van der Waals surface area contributed by atoms with Crippen LogP contribution in [-0.4, -0.2) is 31.1 Å². The number of carbonyl (C=O) groups is 1. The van der Waals surface area contributed by atoms with Gasteiger partial charge in [-0.3, -0.25) is 4.79 Å². The van der Waals surface area contributed by atoms with E-state index in [4.69, 9.17) is 9.84 Å². The second kappa shape index (κ2) is 10.3. The summed E-state index contributed by atoms with van der Waals surface area (Å²) in [5.41, 5.74) is 0.457. The molecule has 3 aromatic carbocycles. The number of aliphatic hydroxyl groups is 1. The lowest BCUT2D eigenvalue weighted by molar-refractivity contribution is -0.136. The molecule has 7 nitrogen and oxygen atoms in total. The van der Waals surface area contributed by atoms with E-state index < -0.39 is 41.1 Å². The Kier molecular flexibility index (Phi) is 6.83. The second-order valence-corrected chi connectivity index (χ2v) is 8.90. The van der Waals surface area contributed by atoms with Crippen molar-refractivity contribution in [1.82, 2.24) is 15.0 Å². The third kappa shape index (κ3) is 4.96. The summed E-state index contributed by atoms with van der Waals surface area (Å²) in [5.74, 6) is -5.24. The Morgan fingerprint density at radius 1 is 1.05 bits per heavy atom. The van der Waals surface area contributed by atoms with Gasteiger partial charge in [0, 0.05) is 35.3 Å². The van der Waals surface area contributed by atoms with E-state index in [1.807, 2.05) is 0 Å². The molecule has 0 aliphatic rings. The molecule has 0 saturated carbocycles. The molecule has 2 aromatic heterocycles. The van der Waals surface area contributed by atoms with Gasteiger partial charge in [-0.15, -0.1) is 0 Å². The summed E-state index contributed by atoms with van der Waals surface area (Å²) < 4.78 is 64.7. The van der Waals surface area contributed by atoms with Crippen LogP contribution in [0.15, 0.2) is 54.7 Å². The molecule has 5 rings (SSSR count). The molecule has 1 atom stereocenters. The van der Waals surface area contributed by atoms with Gasteiger partial charge < -0.3 is 24.9 Å². The summed E-state index contributed by atoms with van der Waals surface area (Å²) in [6, 6.07) is 10.2. The zero-order valence-corrected chi connectivity index (χ0v) is 20.4. The molecule has 4 N–H and O–H groups in total. The van der Waals surface area contributed by atoms with Crippen molar-refractivity contribution in [3.63, 3.8) is 0 Å². The zero-order valence-electron chi connectivity index (χ0n) is 20.4. The Labute approximate surface area is 218 Å². The highest BCUT2D eigenvalue weighted by Crippen LogP contribution is 2.36. The molecular formula is C28H21F4N3O4. The molecule has 5 aromatic rings. The predicted octanol–water partition coefficient (Wildman–Crippen LogP) is 6.31. The molecule has 0 amide bonds. The molecule has 200 valence electrons. The van der Waals surface area contributed by atoms with Crippen LogP contribution in [0, 0.1) is 30.2 Å². The number of aromatic nitrogens is 3. The third-order valence-electron chi connectivity index (χ3n) is 6.31. The van der Waals surface area contributed by atoms with Crippen molar-refractivity contribution < 1.29 is 37.3 Å². The van der Waals surface area contributed by atoms with Gasteiger partial charge in [0.15, 0.2) is 17.4 Å². The molecule has 0 spiro atoms. The minimum atomic E-state index is -1.54. The number of imidazole rings is 1. The summed E-state index contributed by atoms with van der Waals surface area (Å²) in [6.45, 7) is 1.55. The SMILES string of the molecule is Cc1[nH]c(-c2cc(Oc3c(F)cc4[nH]ccc4c3F)ccc2F)nc1[C@@H](O)c1cccc(CCC(=O)O)c1F. The van der Waals surface area contributed by atoms with E-state index in [-0.39, 0.29) is 57.7 Å². The van der Waals surface area contributed by atoms with Crippen LogP contribution in [0.2, 0.25) is 0 Å². The molecule has 0 fully saturated rings. The van der Waals surface area contributed by atoms with Gasteiger partial charge in [0.05, 0.1) is 16.8 Å². The number of rotatable bonds is 8. The first-order valence-corrected chi connectivity index (χ1v) is 11.8. The van der Waals surface area contributed by atoms with E-state index in [1.54, 1.807) is 6.92 Å².